The average molecular weight is 401 g/mol. The largest absolute Gasteiger partial charge is 0.357 e. The highest BCUT2D eigenvalue weighted by atomic mass is 32.1. The highest BCUT2D eigenvalue weighted by Crippen LogP contribution is 2.32. The summed E-state index contributed by atoms with van der Waals surface area (Å²) in [6.07, 6.45) is 5.71. The zero-order chi connectivity index (χ0) is 19.0. The molecule has 0 bridgehead atoms. The van der Waals surface area contributed by atoms with Crippen LogP contribution in [-0.4, -0.2) is 66.0 Å². The zero-order valence-corrected chi connectivity index (χ0v) is 16.6. The normalized spacial score (nSPS) is 21.6. The summed E-state index contributed by atoms with van der Waals surface area (Å²) in [7, 11) is 0. The van der Waals surface area contributed by atoms with Gasteiger partial charge in [-0.3, -0.25) is 4.79 Å². The van der Waals surface area contributed by atoms with Gasteiger partial charge in [0.05, 0.1) is 13.2 Å². The zero-order valence-electron chi connectivity index (χ0n) is 15.8. The van der Waals surface area contributed by atoms with Gasteiger partial charge in [0.15, 0.2) is 5.79 Å². The van der Waals surface area contributed by atoms with Crippen LogP contribution >= 0.6 is 11.3 Å². The fourth-order valence-electron chi connectivity index (χ4n) is 4.17. The van der Waals surface area contributed by atoms with Crippen molar-refractivity contribution in [2.24, 2.45) is 0 Å². The Balaban J connectivity index is 1.28. The molecule has 0 aliphatic carbocycles. The molecule has 8 heteroatoms. The molecule has 5 rings (SSSR count). The van der Waals surface area contributed by atoms with E-state index in [9.17, 15) is 4.79 Å². The molecule has 148 valence electrons. The van der Waals surface area contributed by atoms with Crippen LogP contribution in [0.4, 0.5) is 5.82 Å². The number of hydrogen-bond donors (Lipinski definition) is 0. The Kier molecular flexibility index (Phi) is 4.78. The van der Waals surface area contributed by atoms with Crippen molar-refractivity contribution in [2.75, 3.05) is 44.3 Å². The number of carbonyl (C=O) groups excluding carboxylic acids is 1. The molecule has 0 saturated carbocycles. The van der Waals surface area contributed by atoms with Gasteiger partial charge in [0, 0.05) is 56.2 Å². The maximum atomic E-state index is 12.9. The summed E-state index contributed by atoms with van der Waals surface area (Å²) in [5.74, 6) is 0.521. The average Bonchev–Trinajstić information content (AvgIpc) is 3.50. The summed E-state index contributed by atoms with van der Waals surface area (Å²) in [5, 5.41) is 2.72. The van der Waals surface area contributed by atoms with Gasteiger partial charge >= 0.3 is 0 Å². The van der Waals surface area contributed by atoms with Crippen LogP contribution in [0.1, 0.15) is 36.2 Å². The molecule has 1 amide bonds. The fraction of sp³-hybridized carbons (Fsp3) is 0.550. The van der Waals surface area contributed by atoms with Gasteiger partial charge in [-0.15, -0.1) is 11.3 Å². The van der Waals surface area contributed by atoms with Crippen LogP contribution in [-0.2, 0) is 9.47 Å². The summed E-state index contributed by atoms with van der Waals surface area (Å²) < 4.78 is 11.5. The summed E-state index contributed by atoms with van der Waals surface area (Å²) >= 11 is 1.51. The highest BCUT2D eigenvalue weighted by Gasteiger charge is 2.41. The van der Waals surface area contributed by atoms with E-state index >= 15 is 0 Å². The Morgan fingerprint density at radius 1 is 1.11 bits per heavy atom. The summed E-state index contributed by atoms with van der Waals surface area (Å²) in [5.41, 5.74) is 1.54. The van der Waals surface area contributed by atoms with E-state index in [0.29, 0.717) is 32.0 Å². The Bertz CT molecular complexity index is 849. The van der Waals surface area contributed by atoms with E-state index in [-0.39, 0.29) is 5.91 Å². The maximum Gasteiger partial charge on any atom is 0.273 e. The van der Waals surface area contributed by atoms with Crippen LogP contribution in [0.5, 0.6) is 0 Å². The highest BCUT2D eigenvalue weighted by molar-refractivity contribution is 7.13. The van der Waals surface area contributed by atoms with Gasteiger partial charge in [-0.2, -0.15) is 0 Å². The second-order valence-electron chi connectivity index (χ2n) is 7.53. The van der Waals surface area contributed by atoms with Gasteiger partial charge in [-0.05, 0) is 25.0 Å². The molecule has 2 aromatic rings. The van der Waals surface area contributed by atoms with Crippen LogP contribution in [0.15, 0.2) is 23.7 Å². The SMILES string of the molecule is O=C(c1csc(-c2ccnc(N3CCCC3)c2)n1)N1CCC2(CC1)OCCO2. The number of amides is 1. The van der Waals surface area contributed by atoms with Gasteiger partial charge in [0.2, 0.25) is 0 Å². The van der Waals surface area contributed by atoms with Crippen LogP contribution in [0.25, 0.3) is 10.6 Å². The number of anilines is 1. The summed E-state index contributed by atoms with van der Waals surface area (Å²) in [6.45, 7) is 4.69. The fourth-order valence-corrected chi connectivity index (χ4v) is 4.96. The van der Waals surface area contributed by atoms with Crippen LogP contribution in [0, 0.1) is 0 Å². The van der Waals surface area contributed by atoms with Gasteiger partial charge < -0.3 is 19.3 Å². The molecule has 7 nitrogen and oxygen atoms in total. The van der Waals surface area contributed by atoms with Crippen molar-refractivity contribution < 1.29 is 14.3 Å². The van der Waals surface area contributed by atoms with E-state index in [0.717, 1.165) is 42.3 Å². The Morgan fingerprint density at radius 2 is 1.86 bits per heavy atom. The molecule has 1 spiro atoms. The van der Waals surface area contributed by atoms with E-state index in [1.807, 2.05) is 22.5 Å². The number of nitrogens with zero attached hydrogens (tertiary/aromatic N) is 4. The Morgan fingerprint density at radius 3 is 2.61 bits per heavy atom. The van der Waals surface area contributed by atoms with Gasteiger partial charge in [-0.1, -0.05) is 0 Å². The van der Waals surface area contributed by atoms with E-state index < -0.39 is 5.79 Å². The second kappa shape index (κ2) is 7.42. The summed E-state index contributed by atoms with van der Waals surface area (Å²) in [6, 6.07) is 4.05. The van der Waals surface area contributed by atoms with E-state index in [1.54, 1.807) is 0 Å². The topological polar surface area (TPSA) is 67.8 Å². The van der Waals surface area contributed by atoms with Crippen LogP contribution in [0.3, 0.4) is 0 Å². The number of aromatic nitrogens is 2. The van der Waals surface area contributed by atoms with Gasteiger partial charge in [-0.25, -0.2) is 9.97 Å². The van der Waals surface area contributed by atoms with Gasteiger partial charge in [0.25, 0.3) is 5.91 Å². The molecule has 3 saturated heterocycles. The van der Waals surface area contributed by atoms with E-state index in [1.165, 1.54) is 24.2 Å². The first-order chi connectivity index (χ1) is 13.7. The van der Waals surface area contributed by atoms with Crippen molar-refractivity contribution in [1.82, 2.24) is 14.9 Å². The molecule has 28 heavy (non-hydrogen) atoms. The first-order valence-electron chi connectivity index (χ1n) is 9.97. The molecular formula is C20H24N4O3S. The van der Waals surface area contributed by atoms with Crippen molar-refractivity contribution in [1.29, 1.82) is 0 Å². The minimum Gasteiger partial charge on any atom is -0.357 e. The Hall–Kier alpha value is -2.03. The lowest BCUT2D eigenvalue weighted by atomic mass is 10.0. The molecule has 2 aromatic heterocycles. The lowest BCUT2D eigenvalue weighted by molar-refractivity contribution is -0.181. The number of piperidine rings is 1. The van der Waals surface area contributed by atoms with Crippen molar-refractivity contribution in [3.8, 4) is 10.6 Å². The standard InChI is InChI=1S/C20H24N4O3S/c25-19(24-9-4-20(5-10-24)26-11-12-27-20)16-14-28-18(22-16)15-3-6-21-17(13-15)23-7-1-2-8-23/h3,6,13-14H,1-2,4-5,7-12H2. The quantitative estimate of drug-likeness (QED) is 0.789. The molecule has 0 unspecified atom stereocenters. The van der Waals surface area contributed by atoms with Crippen molar-refractivity contribution >= 4 is 23.1 Å². The predicted octanol–water partition coefficient (Wildman–Crippen LogP) is 2.78. The number of rotatable bonds is 3. The molecule has 5 heterocycles. The minimum absolute atomic E-state index is 0.0100. The number of hydrogen-bond acceptors (Lipinski definition) is 7. The van der Waals surface area contributed by atoms with Gasteiger partial charge in [0.1, 0.15) is 16.5 Å². The first-order valence-corrected chi connectivity index (χ1v) is 10.8. The number of ether oxygens (including phenoxy) is 2. The monoisotopic (exact) mass is 400 g/mol. The smallest absolute Gasteiger partial charge is 0.273 e. The maximum absolute atomic E-state index is 12.9. The molecule has 3 aliphatic heterocycles. The molecule has 0 radical (unpaired) electrons. The van der Waals surface area contributed by atoms with E-state index in [4.69, 9.17) is 9.47 Å². The third-order valence-corrected chi connectivity index (χ3v) is 6.66. The molecule has 0 N–H and O–H groups in total. The first kappa shape index (κ1) is 18.0. The van der Waals surface area contributed by atoms with Crippen LogP contribution < -0.4 is 4.90 Å². The van der Waals surface area contributed by atoms with Crippen molar-refractivity contribution in [3.05, 3.63) is 29.4 Å². The Labute approximate surface area is 168 Å². The molecular weight excluding hydrogens is 376 g/mol. The second-order valence-corrected chi connectivity index (χ2v) is 8.39. The summed E-state index contributed by atoms with van der Waals surface area (Å²) in [4.78, 5) is 26.2. The number of thiazole rings is 1. The number of carbonyl (C=O) groups is 1. The number of pyridine rings is 1. The minimum atomic E-state index is -0.465. The van der Waals surface area contributed by atoms with E-state index in [2.05, 4.69) is 20.9 Å². The lowest BCUT2D eigenvalue weighted by Gasteiger charge is -2.37. The van der Waals surface area contributed by atoms with Crippen molar-refractivity contribution in [3.63, 3.8) is 0 Å². The molecule has 3 fully saturated rings. The molecule has 0 atom stereocenters. The molecule has 3 aliphatic rings. The third kappa shape index (κ3) is 3.40. The van der Waals surface area contributed by atoms with Crippen molar-refractivity contribution in [2.45, 2.75) is 31.5 Å². The molecule has 0 aromatic carbocycles. The van der Waals surface area contributed by atoms with Crippen LogP contribution in [0.2, 0.25) is 0 Å². The lowest BCUT2D eigenvalue weighted by Crippen LogP contribution is -2.47. The predicted molar refractivity (Wildman–Crippen MR) is 107 cm³/mol. The third-order valence-electron chi connectivity index (χ3n) is 5.77. The number of likely N-dealkylation sites (tertiary alicyclic amines) is 1.